The summed E-state index contributed by atoms with van der Waals surface area (Å²) in [6.45, 7) is 8.23. The summed E-state index contributed by atoms with van der Waals surface area (Å²) < 4.78 is 6.57. The molecule has 0 aliphatic rings. The molecule has 0 saturated carbocycles. The molecule has 0 spiro atoms. The third kappa shape index (κ3) is 2.23. The molecule has 0 bridgehead atoms. The van der Waals surface area contributed by atoms with Crippen molar-refractivity contribution in [2.24, 2.45) is 5.92 Å². The molecule has 74 valence electrons. The Balaban J connectivity index is 3.01. The van der Waals surface area contributed by atoms with Gasteiger partial charge in [0.05, 0.1) is 5.69 Å². The van der Waals surface area contributed by atoms with Gasteiger partial charge in [-0.15, -0.1) is 0 Å². The zero-order valence-corrected chi connectivity index (χ0v) is 8.70. The largest absolute Gasteiger partial charge is 0.419 e. The van der Waals surface area contributed by atoms with Crippen molar-refractivity contribution in [3.8, 4) is 0 Å². The third-order valence-corrected chi connectivity index (χ3v) is 1.94. The Morgan fingerprint density at radius 1 is 1.38 bits per heavy atom. The van der Waals surface area contributed by atoms with Crippen molar-refractivity contribution in [3.05, 3.63) is 22.5 Å². The highest BCUT2D eigenvalue weighted by atomic mass is 16.4. The van der Waals surface area contributed by atoms with Crippen LogP contribution in [0.15, 0.2) is 15.5 Å². The van der Waals surface area contributed by atoms with Crippen LogP contribution < -0.4 is 5.76 Å². The molecule has 3 heteroatoms. The highest BCUT2D eigenvalue weighted by molar-refractivity contribution is 4.97. The smallest absolute Gasteiger partial charge is 0.416 e. The molecule has 0 N–H and O–H groups in total. The summed E-state index contributed by atoms with van der Waals surface area (Å²) in [6, 6.07) is 0.181. The molecule has 0 aliphatic carbocycles. The molecule has 0 atom stereocenters. The van der Waals surface area contributed by atoms with Gasteiger partial charge in [0.1, 0.15) is 6.26 Å². The first-order chi connectivity index (χ1) is 6.02. The van der Waals surface area contributed by atoms with E-state index in [1.807, 2.05) is 13.8 Å². The lowest BCUT2D eigenvalue weighted by molar-refractivity contribution is 0.451. The summed E-state index contributed by atoms with van der Waals surface area (Å²) >= 11 is 0. The second-order valence-corrected chi connectivity index (χ2v) is 4.05. The lowest BCUT2D eigenvalue weighted by atomic mass is 10.1. The molecule has 3 nitrogen and oxygen atoms in total. The Labute approximate surface area is 78.4 Å². The van der Waals surface area contributed by atoms with Gasteiger partial charge in [-0.1, -0.05) is 13.8 Å². The van der Waals surface area contributed by atoms with Crippen LogP contribution >= 0.6 is 0 Å². The van der Waals surface area contributed by atoms with E-state index < -0.39 is 0 Å². The van der Waals surface area contributed by atoms with Gasteiger partial charge in [-0.3, -0.25) is 4.57 Å². The molecule has 0 amide bonds. The highest BCUT2D eigenvalue weighted by Crippen LogP contribution is 2.11. The molecular weight excluding hydrogens is 166 g/mol. The van der Waals surface area contributed by atoms with Crippen molar-refractivity contribution in [1.29, 1.82) is 0 Å². The molecule has 1 rings (SSSR count). The van der Waals surface area contributed by atoms with Crippen LogP contribution in [-0.4, -0.2) is 4.57 Å². The van der Waals surface area contributed by atoms with Gasteiger partial charge < -0.3 is 4.42 Å². The minimum absolute atomic E-state index is 0.181. The van der Waals surface area contributed by atoms with Crippen molar-refractivity contribution in [3.63, 3.8) is 0 Å². The maximum absolute atomic E-state index is 11.3. The van der Waals surface area contributed by atoms with Crippen molar-refractivity contribution in [1.82, 2.24) is 4.57 Å². The standard InChI is InChI=1S/C10H17NO2/c1-7(2)5-9-6-13-10(12)11(9)8(3)4/h6-8H,5H2,1-4H3. The molecular formula is C10H17NO2. The summed E-state index contributed by atoms with van der Waals surface area (Å²) in [6.07, 6.45) is 2.46. The third-order valence-electron chi connectivity index (χ3n) is 1.94. The van der Waals surface area contributed by atoms with Gasteiger partial charge in [-0.25, -0.2) is 4.79 Å². The second-order valence-electron chi connectivity index (χ2n) is 4.05. The Hall–Kier alpha value is -0.990. The first-order valence-electron chi connectivity index (χ1n) is 4.71. The van der Waals surface area contributed by atoms with E-state index in [1.165, 1.54) is 0 Å². The minimum atomic E-state index is -0.245. The minimum Gasteiger partial charge on any atom is -0.416 e. The van der Waals surface area contributed by atoms with Gasteiger partial charge in [-0.05, 0) is 26.2 Å². The van der Waals surface area contributed by atoms with Crippen LogP contribution in [0.1, 0.15) is 39.4 Å². The van der Waals surface area contributed by atoms with E-state index >= 15 is 0 Å². The quantitative estimate of drug-likeness (QED) is 0.720. The summed E-state index contributed by atoms with van der Waals surface area (Å²) in [4.78, 5) is 11.3. The average Bonchev–Trinajstić information content (AvgIpc) is 2.30. The fourth-order valence-electron chi connectivity index (χ4n) is 1.46. The summed E-state index contributed by atoms with van der Waals surface area (Å²) in [5, 5.41) is 0. The van der Waals surface area contributed by atoms with Gasteiger partial charge >= 0.3 is 5.76 Å². The first-order valence-corrected chi connectivity index (χ1v) is 4.71. The zero-order chi connectivity index (χ0) is 10.0. The van der Waals surface area contributed by atoms with Crippen LogP contribution in [0.4, 0.5) is 0 Å². The molecule has 1 aromatic heterocycles. The zero-order valence-electron chi connectivity index (χ0n) is 8.70. The predicted octanol–water partition coefficient (Wildman–Crippen LogP) is 2.22. The lowest BCUT2D eigenvalue weighted by Gasteiger charge is -2.10. The highest BCUT2D eigenvalue weighted by Gasteiger charge is 2.11. The van der Waals surface area contributed by atoms with E-state index in [0.29, 0.717) is 5.92 Å². The van der Waals surface area contributed by atoms with Gasteiger partial charge in [0.25, 0.3) is 0 Å². The Kier molecular flexibility index (Phi) is 2.96. The SMILES string of the molecule is CC(C)Cc1coc(=O)n1C(C)C. The van der Waals surface area contributed by atoms with Gasteiger partial charge in [0.2, 0.25) is 0 Å². The second kappa shape index (κ2) is 3.81. The Bertz CT molecular complexity index is 320. The van der Waals surface area contributed by atoms with Gasteiger partial charge in [0.15, 0.2) is 0 Å². The molecule has 0 radical (unpaired) electrons. The number of rotatable bonds is 3. The van der Waals surface area contributed by atoms with Crippen molar-refractivity contribution in [2.75, 3.05) is 0 Å². The normalized spacial score (nSPS) is 11.5. The Morgan fingerprint density at radius 3 is 2.46 bits per heavy atom. The molecule has 0 fully saturated rings. The van der Waals surface area contributed by atoms with Crippen LogP contribution in [0.5, 0.6) is 0 Å². The van der Waals surface area contributed by atoms with Crippen molar-refractivity contribution >= 4 is 0 Å². The topological polar surface area (TPSA) is 35.1 Å². The number of oxazole rings is 1. The van der Waals surface area contributed by atoms with Crippen molar-refractivity contribution in [2.45, 2.75) is 40.2 Å². The van der Waals surface area contributed by atoms with Crippen LogP contribution in [-0.2, 0) is 6.42 Å². The van der Waals surface area contributed by atoms with Crippen molar-refractivity contribution < 1.29 is 4.42 Å². The van der Waals surface area contributed by atoms with E-state index in [0.717, 1.165) is 12.1 Å². The summed E-state index contributed by atoms with van der Waals surface area (Å²) in [5.41, 5.74) is 0.995. The average molecular weight is 183 g/mol. The van der Waals surface area contributed by atoms with E-state index in [9.17, 15) is 4.79 Å². The molecule has 0 saturated heterocycles. The molecule has 0 aliphatic heterocycles. The number of nitrogens with zero attached hydrogens (tertiary/aromatic N) is 1. The maximum atomic E-state index is 11.3. The number of hydrogen-bond acceptors (Lipinski definition) is 2. The first kappa shape index (κ1) is 10.1. The fourth-order valence-corrected chi connectivity index (χ4v) is 1.46. The molecule has 1 heterocycles. The van der Waals surface area contributed by atoms with Gasteiger partial charge in [0, 0.05) is 6.04 Å². The van der Waals surface area contributed by atoms with E-state index in [1.54, 1.807) is 10.8 Å². The van der Waals surface area contributed by atoms with Crippen LogP contribution in [0.3, 0.4) is 0 Å². The summed E-state index contributed by atoms with van der Waals surface area (Å²) in [7, 11) is 0. The fraction of sp³-hybridized carbons (Fsp3) is 0.700. The maximum Gasteiger partial charge on any atom is 0.419 e. The Morgan fingerprint density at radius 2 is 2.00 bits per heavy atom. The summed E-state index contributed by atoms with van der Waals surface area (Å²) in [5.74, 6) is 0.299. The monoisotopic (exact) mass is 183 g/mol. The van der Waals surface area contributed by atoms with Gasteiger partial charge in [-0.2, -0.15) is 0 Å². The van der Waals surface area contributed by atoms with Crippen LogP contribution in [0.2, 0.25) is 0 Å². The molecule has 1 aromatic rings. The van der Waals surface area contributed by atoms with E-state index in [2.05, 4.69) is 13.8 Å². The number of aromatic nitrogens is 1. The molecule has 13 heavy (non-hydrogen) atoms. The molecule has 0 unspecified atom stereocenters. The number of hydrogen-bond donors (Lipinski definition) is 0. The predicted molar refractivity (Wildman–Crippen MR) is 51.9 cm³/mol. The van der Waals surface area contributed by atoms with E-state index in [-0.39, 0.29) is 11.8 Å². The van der Waals surface area contributed by atoms with E-state index in [4.69, 9.17) is 4.42 Å². The molecule has 0 aromatic carbocycles. The van der Waals surface area contributed by atoms with Crippen LogP contribution in [0, 0.1) is 5.92 Å². The lowest BCUT2D eigenvalue weighted by Crippen LogP contribution is -2.19. The van der Waals surface area contributed by atoms with Crippen LogP contribution in [0.25, 0.3) is 0 Å².